The molecule has 0 aliphatic rings. The fourth-order valence-electron chi connectivity index (χ4n) is 2.32. The van der Waals surface area contributed by atoms with E-state index >= 15 is 0 Å². The van der Waals surface area contributed by atoms with Crippen LogP contribution in [-0.4, -0.2) is 26.9 Å². The van der Waals surface area contributed by atoms with Crippen molar-refractivity contribution >= 4 is 27.5 Å². The summed E-state index contributed by atoms with van der Waals surface area (Å²) in [7, 11) is 1.69. The van der Waals surface area contributed by atoms with Gasteiger partial charge in [-0.1, -0.05) is 23.7 Å². The Labute approximate surface area is 162 Å². The summed E-state index contributed by atoms with van der Waals surface area (Å²) in [5.41, 5.74) is 2.12. The second kappa shape index (κ2) is 10.7. The molecule has 1 N–H and O–H groups in total. The molecule has 0 saturated heterocycles. The SMILES string of the molecule is CCOc1cc(CNCCOC)cc(Br)c1OCc1cccc(Cl)c1. The maximum Gasteiger partial charge on any atom is 0.175 e. The molecule has 2 rings (SSSR count). The molecule has 0 aromatic heterocycles. The Morgan fingerprint density at radius 1 is 1.12 bits per heavy atom. The van der Waals surface area contributed by atoms with Gasteiger partial charge in [0.25, 0.3) is 0 Å². The van der Waals surface area contributed by atoms with Crippen molar-refractivity contribution in [1.82, 2.24) is 5.32 Å². The lowest BCUT2D eigenvalue weighted by molar-refractivity contribution is 0.199. The van der Waals surface area contributed by atoms with Crippen molar-refractivity contribution in [3.63, 3.8) is 0 Å². The minimum Gasteiger partial charge on any atom is -0.490 e. The van der Waals surface area contributed by atoms with E-state index in [9.17, 15) is 0 Å². The monoisotopic (exact) mass is 427 g/mol. The summed E-state index contributed by atoms with van der Waals surface area (Å²) in [5, 5.41) is 4.02. The molecular weight excluding hydrogens is 406 g/mol. The molecule has 6 heteroatoms. The predicted octanol–water partition coefficient (Wildman–Crippen LogP) is 4.82. The molecule has 4 nitrogen and oxygen atoms in total. The van der Waals surface area contributed by atoms with Crippen LogP contribution in [-0.2, 0) is 17.9 Å². The van der Waals surface area contributed by atoms with Gasteiger partial charge < -0.3 is 19.5 Å². The lowest BCUT2D eigenvalue weighted by Gasteiger charge is -2.16. The van der Waals surface area contributed by atoms with Gasteiger partial charge in [-0.05, 0) is 58.2 Å². The van der Waals surface area contributed by atoms with Crippen LogP contribution in [0.4, 0.5) is 0 Å². The van der Waals surface area contributed by atoms with Crippen molar-refractivity contribution in [2.45, 2.75) is 20.1 Å². The van der Waals surface area contributed by atoms with E-state index in [1.54, 1.807) is 7.11 Å². The van der Waals surface area contributed by atoms with E-state index in [4.69, 9.17) is 25.8 Å². The van der Waals surface area contributed by atoms with Crippen LogP contribution in [0.1, 0.15) is 18.1 Å². The summed E-state index contributed by atoms with van der Waals surface area (Å²) in [6, 6.07) is 11.7. The number of hydrogen-bond donors (Lipinski definition) is 1. The summed E-state index contributed by atoms with van der Waals surface area (Å²) in [5.74, 6) is 1.42. The molecule has 0 heterocycles. The fraction of sp³-hybridized carbons (Fsp3) is 0.368. The third kappa shape index (κ3) is 6.51. The van der Waals surface area contributed by atoms with Gasteiger partial charge in [0.1, 0.15) is 6.61 Å². The van der Waals surface area contributed by atoms with Gasteiger partial charge in [0.15, 0.2) is 11.5 Å². The normalized spacial score (nSPS) is 10.7. The van der Waals surface area contributed by atoms with Crippen LogP contribution in [0.25, 0.3) is 0 Å². The number of nitrogens with one attached hydrogen (secondary N) is 1. The van der Waals surface area contributed by atoms with E-state index in [0.717, 1.165) is 34.4 Å². The highest BCUT2D eigenvalue weighted by molar-refractivity contribution is 9.10. The van der Waals surface area contributed by atoms with Gasteiger partial charge in [-0.2, -0.15) is 0 Å². The number of hydrogen-bond acceptors (Lipinski definition) is 4. The zero-order chi connectivity index (χ0) is 18.1. The van der Waals surface area contributed by atoms with E-state index in [0.29, 0.717) is 30.6 Å². The Balaban J connectivity index is 2.10. The van der Waals surface area contributed by atoms with Crippen LogP contribution in [0.15, 0.2) is 40.9 Å². The van der Waals surface area contributed by atoms with Crippen molar-refractivity contribution in [3.05, 3.63) is 57.0 Å². The first kappa shape index (κ1) is 20.0. The Bertz CT molecular complexity index is 682. The van der Waals surface area contributed by atoms with Gasteiger partial charge in [-0.25, -0.2) is 0 Å². The minimum atomic E-state index is 0.421. The molecule has 0 aliphatic carbocycles. The van der Waals surface area contributed by atoms with E-state index in [1.165, 1.54) is 0 Å². The molecule has 0 saturated carbocycles. The first-order valence-corrected chi connectivity index (χ1v) is 9.33. The van der Waals surface area contributed by atoms with Crippen LogP contribution >= 0.6 is 27.5 Å². The van der Waals surface area contributed by atoms with Crippen molar-refractivity contribution in [2.24, 2.45) is 0 Å². The molecule has 2 aromatic carbocycles. The van der Waals surface area contributed by atoms with Crippen molar-refractivity contribution in [1.29, 1.82) is 0 Å². The standard InChI is InChI=1S/C19H23BrClNO3/c1-3-24-18-11-15(12-22-7-8-23-2)10-17(20)19(18)25-13-14-5-4-6-16(21)9-14/h4-6,9-11,22H,3,7-8,12-13H2,1-2H3. The molecular formula is C19H23BrClNO3. The number of ether oxygens (including phenoxy) is 3. The number of rotatable bonds is 10. The Morgan fingerprint density at radius 2 is 1.96 bits per heavy atom. The maximum absolute atomic E-state index is 6.03. The largest absolute Gasteiger partial charge is 0.490 e. The van der Waals surface area contributed by atoms with Gasteiger partial charge in [-0.3, -0.25) is 0 Å². The van der Waals surface area contributed by atoms with E-state index in [-0.39, 0.29) is 0 Å². The van der Waals surface area contributed by atoms with Crippen LogP contribution in [0.2, 0.25) is 5.02 Å². The third-order valence-electron chi connectivity index (χ3n) is 3.45. The van der Waals surface area contributed by atoms with Gasteiger partial charge in [0, 0.05) is 25.2 Å². The fourth-order valence-corrected chi connectivity index (χ4v) is 3.13. The highest BCUT2D eigenvalue weighted by atomic mass is 79.9. The molecule has 0 amide bonds. The topological polar surface area (TPSA) is 39.7 Å². The molecule has 0 atom stereocenters. The molecule has 25 heavy (non-hydrogen) atoms. The second-order valence-electron chi connectivity index (χ2n) is 5.43. The van der Waals surface area contributed by atoms with Gasteiger partial charge in [0.2, 0.25) is 0 Å². The number of methoxy groups -OCH3 is 1. The summed E-state index contributed by atoms with van der Waals surface area (Å²) < 4.78 is 17.7. The van der Waals surface area contributed by atoms with Gasteiger partial charge in [0.05, 0.1) is 17.7 Å². The molecule has 0 unspecified atom stereocenters. The first-order chi connectivity index (χ1) is 12.1. The molecule has 136 valence electrons. The minimum absolute atomic E-state index is 0.421. The molecule has 0 aliphatic heterocycles. The maximum atomic E-state index is 6.03. The van der Waals surface area contributed by atoms with Gasteiger partial charge in [-0.15, -0.1) is 0 Å². The van der Waals surface area contributed by atoms with E-state index in [1.807, 2.05) is 43.3 Å². The average molecular weight is 429 g/mol. The van der Waals surface area contributed by atoms with E-state index < -0.39 is 0 Å². The predicted molar refractivity (Wildman–Crippen MR) is 105 cm³/mol. The average Bonchev–Trinajstić information content (AvgIpc) is 2.58. The second-order valence-corrected chi connectivity index (χ2v) is 6.72. The highest BCUT2D eigenvalue weighted by Gasteiger charge is 2.13. The summed E-state index contributed by atoms with van der Waals surface area (Å²) in [6.45, 7) is 5.16. The molecule has 0 fully saturated rings. The quantitative estimate of drug-likeness (QED) is 0.551. The lowest BCUT2D eigenvalue weighted by atomic mass is 10.2. The van der Waals surface area contributed by atoms with Gasteiger partial charge >= 0.3 is 0 Å². The molecule has 2 aromatic rings. The van der Waals surface area contributed by atoms with Crippen LogP contribution in [0, 0.1) is 0 Å². The zero-order valence-corrected chi connectivity index (χ0v) is 16.8. The van der Waals surface area contributed by atoms with E-state index in [2.05, 4.69) is 21.2 Å². The Kier molecular flexibility index (Phi) is 8.55. The third-order valence-corrected chi connectivity index (χ3v) is 4.28. The van der Waals surface area contributed by atoms with Crippen LogP contribution in [0.3, 0.4) is 0 Å². The van der Waals surface area contributed by atoms with Crippen LogP contribution in [0.5, 0.6) is 11.5 Å². The van der Waals surface area contributed by atoms with Crippen molar-refractivity contribution in [3.8, 4) is 11.5 Å². The lowest BCUT2D eigenvalue weighted by Crippen LogP contribution is -2.18. The molecule has 0 spiro atoms. The molecule has 0 radical (unpaired) electrons. The zero-order valence-electron chi connectivity index (χ0n) is 14.5. The number of halogens is 2. The number of benzene rings is 2. The summed E-state index contributed by atoms with van der Waals surface area (Å²) in [4.78, 5) is 0. The summed E-state index contributed by atoms with van der Waals surface area (Å²) >= 11 is 9.62. The van der Waals surface area contributed by atoms with Crippen LogP contribution < -0.4 is 14.8 Å². The Morgan fingerprint density at radius 3 is 2.68 bits per heavy atom. The molecule has 0 bridgehead atoms. The Hall–Kier alpha value is -1.27. The smallest absolute Gasteiger partial charge is 0.175 e. The van der Waals surface area contributed by atoms with Crippen molar-refractivity contribution in [2.75, 3.05) is 26.9 Å². The highest BCUT2D eigenvalue weighted by Crippen LogP contribution is 2.37. The first-order valence-electron chi connectivity index (χ1n) is 8.16. The van der Waals surface area contributed by atoms with Crippen molar-refractivity contribution < 1.29 is 14.2 Å². The summed E-state index contributed by atoms with van der Waals surface area (Å²) in [6.07, 6.45) is 0.